The van der Waals surface area contributed by atoms with Crippen LogP contribution in [0.3, 0.4) is 0 Å². The summed E-state index contributed by atoms with van der Waals surface area (Å²) in [7, 11) is 0. The first-order valence-electron chi connectivity index (χ1n) is 7.39. The molecule has 1 fully saturated rings. The molecule has 0 aliphatic carbocycles. The van der Waals surface area contributed by atoms with Gasteiger partial charge in [-0.2, -0.15) is 0 Å². The Morgan fingerprint density at radius 2 is 2.24 bits per heavy atom. The van der Waals surface area contributed by atoms with Gasteiger partial charge in [-0.3, -0.25) is 0 Å². The predicted octanol–water partition coefficient (Wildman–Crippen LogP) is 2.30. The Hall–Kier alpha value is -0.120. The molecule has 1 aliphatic rings. The van der Waals surface area contributed by atoms with E-state index in [4.69, 9.17) is 10.5 Å². The van der Waals surface area contributed by atoms with Crippen LogP contribution in [0.1, 0.15) is 51.9 Å². The van der Waals surface area contributed by atoms with Gasteiger partial charge in [-0.15, -0.1) is 0 Å². The van der Waals surface area contributed by atoms with E-state index in [0.717, 1.165) is 32.2 Å². The van der Waals surface area contributed by atoms with Crippen LogP contribution in [0.25, 0.3) is 0 Å². The van der Waals surface area contributed by atoms with Crippen molar-refractivity contribution in [1.29, 1.82) is 0 Å². The van der Waals surface area contributed by atoms with Crippen LogP contribution in [0.4, 0.5) is 0 Å². The average Bonchev–Trinajstić information content (AvgIpc) is 2.85. The number of hydrogen-bond donors (Lipinski definition) is 2. The highest BCUT2D eigenvalue weighted by Crippen LogP contribution is 2.15. The van der Waals surface area contributed by atoms with Crippen molar-refractivity contribution < 1.29 is 4.74 Å². The van der Waals surface area contributed by atoms with Gasteiger partial charge in [-0.1, -0.05) is 13.3 Å². The molecule has 0 aromatic heterocycles. The Bertz CT molecular complexity index is 170. The lowest BCUT2D eigenvalue weighted by Crippen LogP contribution is -2.21. The zero-order chi connectivity index (χ0) is 12.3. The van der Waals surface area contributed by atoms with Gasteiger partial charge < -0.3 is 15.8 Å². The lowest BCUT2D eigenvalue weighted by Gasteiger charge is -2.14. The van der Waals surface area contributed by atoms with Crippen LogP contribution in [-0.4, -0.2) is 32.3 Å². The molecule has 1 saturated heterocycles. The standard InChI is InChI=1S/C14H30N2O/c1-2-13(7-9-15)5-3-10-16-11-8-14-6-4-12-17-14/h13-14,16H,2-12,15H2,1H3. The van der Waals surface area contributed by atoms with Crippen LogP contribution < -0.4 is 11.1 Å². The largest absolute Gasteiger partial charge is 0.378 e. The summed E-state index contributed by atoms with van der Waals surface area (Å²) in [6.07, 6.45) is 9.28. The molecule has 3 N–H and O–H groups in total. The van der Waals surface area contributed by atoms with Crippen LogP contribution in [0, 0.1) is 5.92 Å². The number of ether oxygens (including phenoxy) is 1. The first kappa shape index (κ1) is 14.9. The van der Waals surface area contributed by atoms with Crippen molar-refractivity contribution in [2.24, 2.45) is 11.7 Å². The maximum atomic E-state index is 5.60. The molecular weight excluding hydrogens is 212 g/mol. The van der Waals surface area contributed by atoms with Crippen LogP contribution in [0.5, 0.6) is 0 Å². The third kappa shape index (κ3) is 7.02. The summed E-state index contributed by atoms with van der Waals surface area (Å²) >= 11 is 0. The molecule has 1 heterocycles. The van der Waals surface area contributed by atoms with Crippen molar-refractivity contribution in [3.05, 3.63) is 0 Å². The van der Waals surface area contributed by atoms with Gasteiger partial charge in [0.05, 0.1) is 6.10 Å². The summed E-state index contributed by atoms with van der Waals surface area (Å²) < 4.78 is 5.59. The van der Waals surface area contributed by atoms with Crippen LogP contribution in [-0.2, 0) is 4.74 Å². The molecule has 2 atom stereocenters. The highest BCUT2D eigenvalue weighted by molar-refractivity contribution is 4.66. The molecule has 0 bridgehead atoms. The second kappa shape index (κ2) is 9.86. The summed E-state index contributed by atoms with van der Waals surface area (Å²) in [5, 5.41) is 3.52. The molecule has 0 aromatic rings. The summed E-state index contributed by atoms with van der Waals surface area (Å²) in [5.41, 5.74) is 5.60. The summed E-state index contributed by atoms with van der Waals surface area (Å²) in [4.78, 5) is 0. The maximum Gasteiger partial charge on any atom is 0.0588 e. The van der Waals surface area contributed by atoms with Gasteiger partial charge in [0.2, 0.25) is 0 Å². The molecule has 0 saturated carbocycles. The third-order valence-corrected chi connectivity index (χ3v) is 3.79. The topological polar surface area (TPSA) is 47.3 Å². The molecule has 1 aliphatic heterocycles. The highest BCUT2D eigenvalue weighted by atomic mass is 16.5. The molecule has 0 aromatic carbocycles. The molecule has 0 radical (unpaired) electrons. The molecule has 0 spiro atoms. The summed E-state index contributed by atoms with van der Waals surface area (Å²) in [6.45, 7) is 6.34. The van der Waals surface area contributed by atoms with Crippen LogP contribution in [0.15, 0.2) is 0 Å². The lowest BCUT2D eigenvalue weighted by molar-refractivity contribution is 0.104. The van der Waals surface area contributed by atoms with E-state index in [0.29, 0.717) is 6.10 Å². The van der Waals surface area contributed by atoms with E-state index in [9.17, 15) is 0 Å². The first-order chi connectivity index (χ1) is 8.36. The van der Waals surface area contributed by atoms with Gasteiger partial charge >= 0.3 is 0 Å². The van der Waals surface area contributed by atoms with E-state index < -0.39 is 0 Å². The molecule has 17 heavy (non-hydrogen) atoms. The van der Waals surface area contributed by atoms with Crippen molar-refractivity contribution in [2.75, 3.05) is 26.2 Å². The number of rotatable bonds is 10. The fraction of sp³-hybridized carbons (Fsp3) is 1.00. The Kier molecular flexibility index (Phi) is 8.67. The molecule has 102 valence electrons. The van der Waals surface area contributed by atoms with E-state index in [1.807, 2.05) is 0 Å². The Morgan fingerprint density at radius 3 is 2.88 bits per heavy atom. The Labute approximate surface area is 106 Å². The minimum atomic E-state index is 0.531. The van der Waals surface area contributed by atoms with Gasteiger partial charge in [0.1, 0.15) is 0 Å². The molecule has 0 amide bonds. The van der Waals surface area contributed by atoms with E-state index in [1.165, 1.54) is 44.9 Å². The normalized spacial score (nSPS) is 21.9. The molecule has 2 unspecified atom stereocenters. The zero-order valence-corrected chi connectivity index (χ0v) is 11.4. The van der Waals surface area contributed by atoms with Crippen LogP contribution >= 0.6 is 0 Å². The SMILES string of the molecule is CCC(CCN)CCCNCCC1CCCO1. The second-order valence-corrected chi connectivity index (χ2v) is 5.17. The van der Waals surface area contributed by atoms with Gasteiger partial charge in [-0.05, 0) is 64.1 Å². The third-order valence-electron chi connectivity index (χ3n) is 3.79. The van der Waals surface area contributed by atoms with E-state index in [2.05, 4.69) is 12.2 Å². The van der Waals surface area contributed by atoms with E-state index in [1.54, 1.807) is 0 Å². The molecule has 3 heteroatoms. The smallest absolute Gasteiger partial charge is 0.0588 e. The van der Waals surface area contributed by atoms with Gasteiger partial charge in [0.15, 0.2) is 0 Å². The molecule has 3 nitrogen and oxygen atoms in total. The summed E-state index contributed by atoms with van der Waals surface area (Å²) in [5.74, 6) is 0.833. The Balaban J connectivity index is 1.86. The highest BCUT2D eigenvalue weighted by Gasteiger charge is 2.14. The van der Waals surface area contributed by atoms with E-state index >= 15 is 0 Å². The van der Waals surface area contributed by atoms with Crippen molar-refractivity contribution in [1.82, 2.24) is 5.32 Å². The maximum absolute atomic E-state index is 5.60. The van der Waals surface area contributed by atoms with Crippen molar-refractivity contribution >= 4 is 0 Å². The zero-order valence-electron chi connectivity index (χ0n) is 11.4. The van der Waals surface area contributed by atoms with Gasteiger partial charge in [-0.25, -0.2) is 0 Å². The van der Waals surface area contributed by atoms with E-state index in [-0.39, 0.29) is 0 Å². The number of hydrogen-bond acceptors (Lipinski definition) is 3. The second-order valence-electron chi connectivity index (χ2n) is 5.17. The van der Waals surface area contributed by atoms with Gasteiger partial charge in [0, 0.05) is 6.61 Å². The predicted molar refractivity (Wildman–Crippen MR) is 73.1 cm³/mol. The summed E-state index contributed by atoms with van der Waals surface area (Å²) in [6, 6.07) is 0. The quantitative estimate of drug-likeness (QED) is 0.578. The fourth-order valence-corrected chi connectivity index (χ4v) is 2.56. The van der Waals surface area contributed by atoms with Crippen molar-refractivity contribution in [2.45, 2.75) is 58.0 Å². The van der Waals surface area contributed by atoms with Crippen molar-refractivity contribution in [3.63, 3.8) is 0 Å². The first-order valence-corrected chi connectivity index (χ1v) is 7.39. The average molecular weight is 242 g/mol. The van der Waals surface area contributed by atoms with Crippen LogP contribution in [0.2, 0.25) is 0 Å². The molecular formula is C14H30N2O. The van der Waals surface area contributed by atoms with Crippen molar-refractivity contribution in [3.8, 4) is 0 Å². The van der Waals surface area contributed by atoms with Gasteiger partial charge in [0.25, 0.3) is 0 Å². The minimum absolute atomic E-state index is 0.531. The number of nitrogens with two attached hydrogens (primary N) is 1. The monoisotopic (exact) mass is 242 g/mol. The molecule has 1 rings (SSSR count). The minimum Gasteiger partial charge on any atom is -0.378 e. The Morgan fingerprint density at radius 1 is 1.35 bits per heavy atom. The number of nitrogens with one attached hydrogen (secondary N) is 1. The lowest BCUT2D eigenvalue weighted by atomic mass is 9.97. The fourth-order valence-electron chi connectivity index (χ4n) is 2.56.